The average molecular weight is 372 g/mol. The van der Waals surface area contributed by atoms with Crippen molar-refractivity contribution in [3.8, 4) is 0 Å². The van der Waals surface area contributed by atoms with Crippen molar-refractivity contribution in [1.29, 1.82) is 0 Å². The third-order valence-corrected chi connectivity index (χ3v) is 4.20. The minimum Gasteiger partial charge on any atom is -0.325 e. The molecule has 1 aromatic carbocycles. The van der Waals surface area contributed by atoms with Crippen LogP contribution in [0.4, 0.5) is 5.69 Å². The standard InChI is InChI=1S/C15H21IN2O/c1-12-10-13(16)6-7-14(12)17-15(19)11-18-8-4-2-3-5-9-18/h6-7,10H,2-5,8-9,11H2,1H3,(H,17,19). The van der Waals surface area contributed by atoms with Gasteiger partial charge in [0.05, 0.1) is 6.54 Å². The molecule has 104 valence electrons. The molecule has 0 atom stereocenters. The van der Waals surface area contributed by atoms with Crippen LogP contribution in [0.5, 0.6) is 0 Å². The van der Waals surface area contributed by atoms with E-state index >= 15 is 0 Å². The van der Waals surface area contributed by atoms with Crippen LogP contribution in [0.25, 0.3) is 0 Å². The van der Waals surface area contributed by atoms with Crippen LogP contribution in [0.2, 0.25) is 0 Å². The number of anilines is 1. The highest BCUT2D eigenvalue weighted by atomic mass is 127. The number of carbonyl (C=O) groups excluding carboxylic acids is 1. The van der Waals surface area contributed by atoms with Crippen molar-refractivity contribution in [2.75, 3.05) is 25.0 Å². The van der Waals surface area contributed by atoms with Crippen LogP contribution in [-0.4, -0.2) is 30.4 Å². The monoisotopic (exact) mass is 372 g/mol. The Morgan fingerprint density at radius 1 is 1.26 bits per heavy atom. The minimum absolute atomic E-state index is 0.103. The van der Waals surface area contributed by atoms with Gasteiger partial charge in [-0.3, -0.25) is 9.69 Å². The largest absolute Gasteiger partial charge is 0.325 e. The molecule has 2 rings (SSSR count). The zero-order chi connectivity index (χ0) is 13.7. The van der Waals surface area contributed by atoms with Gasteiger partial charge < -0.3 is 5.32 Å². The topological polar surface area (TPSA) is 32.3 Å². The summed E-state index contributed by atoms with van der Waals surface area (Å²) in [5, 5.41) is 3.02. The third kappa shape index (κ3) is 4.76. The third-order valence-electron chi connectivity index (χ3n) is 3.53. The summed E-state index contributed by atoms with van der Waals surface area (Å²) in [6.45, 7) is 4.66. The lowest BCUT2D eigenvalue weighted by molar-refractivity contribution is -0.117. The summed E-state index contributed by atoms with van der Waals surface area (Å²) in [4.78, 5) is 14.3. The van der Waals surface area contributed by atoms with Gasteiger partial charge in [-0.25, -0.2) is 0 Å². The fourth-order valence-corrected chi connectivity index (χ4v) is 3.10. The number of amides is 1. The summed E-state index contributed by atoms with van der Waals surface area (Å²) >= 11 is 2.28. The van der Waals surface area contributed by atoms with Gasteiger partial charge in [-0.05, 0) is 79.2 Å². The van der Waals surface area contributed by atoms with E-state index in [0.717, 1.165) is 24.3 Å². The number of aryl methyl sites for hydroxylation is 1. The average Bonchev–Trinajstić information content (AvgIpc) is 2.61. The second kappa shape index (κ2) is 7.24. The molecule has 4 heteroatoms. The zero-order valence-electron chi connectivity index (χ0n) is 11.4. The molecule has 0 saturated carbocycles. The van der Waals surface area contributed by atoms with Gasteiger partial charge in [-0.15, -0.1) is 0 Å². The molecule has 19 heavy (non-hydrogen) atoms. The highest BCUT2D eigenvalue weighted by Gasteiger charge is 2.13. The van der Waals surface area contributed by atoms with Gasteiger partial charge in [0.25, 0.3) is 0 Å². The highest BCUT2D eigenvalue weighted by molar-refractivity contribution is 14.1. The Labute approximate surface area is 128 Å². The van der Waals surface area contributed by atoms with Crippen molar-refractivity contribution in [2.24, 2.45) is 0 Å². The first-order chi connectivity index (χ1) is 9.15. The summed E-state index contributed by atoms with van der Waals surface area (Å²) in [6, 6.07) is 6.09. The summed E-state index contributed by atoms with van der Waals surface area (Å²) < 4.78 is 1.20. The van der Waals surface area contributed by atoms with E-state index in [1.807, 2.05) is 19.1 Å². The van der Waals surface area contributed by atoms with Crippen LogP contribution >= 0.6 is 22.6 Å². The molecule has 1 aliphatic rings. The number of hydrogen-bond acceptors (Lipinski definition) is 2. The molecule has 1 amide bonds. The van der Waals surface area contributed by atoms with E-state index < -0.39 is 0 Å². The SMILES string of the molecule is Cc1cc(I)ccc1NC(=O)CN1CCCCCC1. The van der Waals surface area contributed by atoms with Crippen molar-refractivity contribution in [1.82, 2.24) is 4.90 Å². The Morgan fingerprint density at radius 2 is 1.95 bits per heavy atom. The van der Waals surface area contributed by atoms with Crippen LogP contribution in [-0.2, 0) is 4.79 Å². The predicted octanol–water partition coefficient (Wildman–Crippen LogP) is 3.41. The number of nitrogens with zero attached hydrogens (tertiary/aromatic N) is 1. The molecule has 0 unspecified atom stereocenters. The second-order valence-corrected chi connectivity index (χ2v) is 6.44. The van der Waals surface area contributed by atoms with Gasteiger partial charge >= 0.3 is 0 Å². The minimum atomic E-state index is 0.103. The van der Waals surface area contributed by atoms with Gasteiger partial charge in [0.2, 0.25) is 5.91 Å². The Morgan fingerprint density at radius 3 is 2.58 bits per heavy atom. The Hall–Kier alpha value is -0.620. The van der Waals surface area contributed by atoms with Crippen LogP contribution in [0.3, 0.4) is 0 Å². The van der Waals surface area contributed by atoms with Crippen LogP contribution < -0.4 is 5.32 Å². The summed E-state index contributed by atoms with van der Waals surface area (Å²) in [5.74, 6) is 0.103. The van der Waals surface area contributed by atoms with E-state index in [1.165, 1.54) is 29.3 Å². The van der Waals surface area contributed by atoms with E-state index in [0.29, 0.717) is 6.54 Å². The van der Waals surface area contributed by atoms with E-state index in [4.69, 9.17) is 0 Å². The zero-order valence-corrected chi connectivity index (χ0v) is 13.6. The molecule has 0 aromatic heterocycles. The van der Waals surface area contributed by atoms with Gasteiger partial charge in [0, 0.05) is 9.26 Å². The number of rotatable bonds is 3. The van der Waals surface area contributed by atoms with Gasteiger partial charge in [-0.2, -0.15) is 0 Å². The van der Waals surface area contributed by atoms with Crippen molar-refractivity contribution in [2.45, 2.75) is 32.6 Å². The molecule has 0 aliphatic carbocycles. The lowest BCUT2D eigenvalue weighted by atomic mass is 10.2. The number of likely N-dealkylation sites (tertiary alicyclic amines) is 1. The molecule has 1 aliphatic heterocycles. The second-order valence-electron chi connectivity index (χ2n) is 5.20. The van der Waals surface area contributed by atoms with Crippen molar-refractivity contribution >= 4 is 34.2 Å². The Kier molecular flexibility index (Phi) is 5.63. The molecule has 1 fully saturated rings. The van der Waals surface area contributed by atoms with Crippen LogP contribution in [0.15, 0.2) is 18.2 Å². The first kappa shape index (κ1) is 14.8. The van der Waals surface area contributed by atoms with Gasteiger partial charge in [-0.1, -0.05) is 12.8 Å². The van der Waals surface area contributed by atoms with E-state index in [1.54, 1.807) is 0 Å². The summed E-state index contributed by atoms with van der Waals surface area (Å²) in [5.41, 5.74) is 2.05. The molecule has 0 radical (unpaired) electrons. The number of benzene rings is 1. The van der Waals surface area contributed by atoms with Crippen molar-refractivity contribution < 1.29 is 4.79 Å². The maximum absolute atomic E-state index is 12.1. The molecule has 1 aromatic rings. The maximum Gasteiger partial charge on any atom is 0.238 e. The first-order valence-corrected chi connectivity index (χ1v) is 8.01. The molecular weight excluding hydrogens is 351 g/mol. The van der Waals surface area contributed by atoms with Crippen LogP contribution in [0.1, 0.15) is 31.2 Å². The molecule has 1 saturated heterocycles. The molecule has 0 spiro atoms. The van der Waals surface area contributed by atoms with Crippen molar-refractivity contribution in [3.63, 3.8) is 0 Å². The number of hydrogen-bond donors (Lipinski definition) is 1. The fourth-order valence-electron chi connectivity index (χ4n) is 2.45. The lowest BCUT2D eigenvalue weighted by Crippen LogP contribution is -2.34. The molecule has 0 bridgehead atoms. The summed E-state index contributed by atoms with van der Waals surface area (Å²) in [6.07, 6.45) is 5.04. The number of halogens is 1. The molecule has 3 nitrogen and oxygen atoms in total. The highest BCUT2D eigenvalue weighted by Crippen LogP contribution is 2.18. The number of nitrogens with one attached hydrogen (secondary N) is 1. The Bertz CT molecular complexity index is 440. The quantitative estimate of drug-likeness (QED) is 0.825. The van der Waals surface area contributed by atoms with Crippen molar-refractivity contribution in [3.05, 3.63) is 27.3 Å². The lowest BCUT2D eigenvalue weighted by Gasteiger charge is -2.19. The van der Waals surface area contributed by atoms with E-state index in [-0.39, 0.29) is 5.91 Å². The van der Waals surface area contributed by atoms with E-state index in [2.05, 4.69) is 38.9 Å². The fraction of sp³-hybridized carbons (Fsp3) is 0.533. The number of carbonyl (C=O) groups is 1. The normalized spacial score (nSPS) is 16.9. The molecule has 1 heterocycles. The summed E-state index contributed by atoms with van der Waals surface area (Å²) in [7, 11) is 0. The molecular formula is C15H21IN2O. The van der Waals surface area contributed by atoms with Crippen LogP contribution in [0, 0.1) is 10.5 Å². The Balaban J connectivity index is 1.89. The smallest absolute Gasteiger partial charge is 0.238 e. The van der Waals surface area contributed by atoms with E-state index in [9.17, 15) is 4.79 Å². The molecule has 1 N–H and O–H groups in total. The maximum atomic E-state index is 12.1. The first-order valence-electron chi connectivity index (χ1n) is 6.93. The van der Waals surface area contributed by atoms with Gasteiger partial charge in [0.1, 0.15) is 0 Å². The van der Waals surface area contributed by atoms with Gasteiger partial charge in [0.15, 0.2) is 0 Å². The predicted molar refractivity (Wildman–Crippen MR) is 87.4 cm³/mol.